The van der Waals surface area contributed by atoms with E-state index in [0.717, 1.165) is 16.0 Å². The van der Waals surface area contributed by atoms with E-state index in [2.05, 4.69) is 10.3 Å². The second-order valence-electron chi connectivity index (χ2n) is 5.45. The van der Waals surface area contributed by atoms with E-state index in [4.69, 9.17) is 10.5 Å². The van der Waals surface area contributed by atoms with Crippen molar-refractivity contribution >= 4 is 23.3 Å². The molecule has 0 saturated heterocycles. The summed E-state index contributed by atoms with van der Waals surface area (Å²) < 4.78 is 0. The second kappa shape index (κ2) is 7.83. The van der Waals surface area contributed by atoms with Gasteiger partial charge in [0.15, 0.2) is 0 Å². The summed E-state index contributed by atoms with van der Waals surface area (Å²) in [5, 5.41) is 17.1. The minimum absolute atomic E-state index is 0.243. The van der Waals surface area contributed by atoms with Gasteiger partial charge in [-0.2, -0.15) is 0 Å². The summed E-state index contributed by atoms with van der Waals surface area (Å²) in [6.07, 6.45) is 1.56. The van der Waals surface area contributed by atoms with Gasteiger partial charge in [0.1, 0.15) is 5.69 Å². The van der Waals surface area contributed by atoms with Gasteiger partial charge in [0.2, 0.25) is 0 Å². The molecular weight excluding hydrogens is 332 g/mol. The van der Waals surface area contributed by atoms with Crippen LogP contribution in [-0.2, 0) is 6.54 Å². The number of aromatic nitrogens is 1. The molecule has 0 spiro atoms. The van der Waals surface area contributed by atoms with Crippen LogP contribution in [0, 0.1) is 5.41 Å². The Morgan fingerprint density at radius 3 is 2.48 bits per heavy atom. The number of H-pyrrole nitrogens is 1. The zero-order valence-electron chi connectivity index (χ0n) is 13.5. The van der Waals surface area contributed by atoms with Crippen LogP contribution in [-0.4, -0.2) is 10.7 Å². The molecule has 25 heavy (non-hydrogen) atoms. The molecule has 6 heteroatoms. The van der Waals surface area contributed by atoms with Gasteiger partial charge >= 0.3 is 0 Å². The quantitative estimate of drug-likeness (QED) is 0.405. The van der Waals surface area contributed by atoms with Crippen LogP contribution in [0.4, 0.5) is 5.69 Å². The van der Waals surface area contributed by atoms with Crippen LogP contribution in [0.1, 0.15) is 16.7 Å². The minimum atomic E-state index is -0.243. The van der Waals surface area contributed by atoms with Crippen molar-refractivity contribution in [1.82, 2.24) is 4.98 Å². The number of anilines is 1. The molecule has 0 bridgehead atoms. The highest BCUT2D eigenvalue weighted by Gasteiger charge is 2.13. The van der Waals surface area contributed by atoms with Crippen molar-refractivity contribution in [3.05, 3.63) is 93.9 Å². The number of aromatic amines is 1. The lowest BCUT2D eigenvalue weighted by atomic mass is 10.0. The van der Waals surface area contributed by atoms with Gasteiger partial charge in [-0.05, 0) is 35.7 Å². The number of nitrogens with one attached hydrogen (secondary N) is 3. The lowest BCUT2D eigenvalue weighted by Crippen LogP contribution is -2.19. The molecule has 0 aliphatic heterocycles. The number of nitrogens with two attached hydrogens (primary N) is 1. The fraction of sp³-hybridized carbons (Fsp3) is 0.0526. The van der Waals surface area contributed by atoms with E-state index >= 15 is 0 Å². The molecule has 2 aromatic carbocycles. The van der Waals surface area contributed by atoms with Gasteiger partial charge in [-0.25, -0.2) is 0 Å². The highest BCUT2D eigenvalue weighted by atomic mass is 32.2. The Bertz CT molecular complexity index is 920. The van der Waals surface area contributed by atoms with Crippen molar-refractivity contribution in [2.24, 2.45) is 5.14 Å². The summed E-state index contributed by atoms with van der Waals surface area (Å²) in [5.41, 5.74) is 2.83. The third-order valence-corrected chi connectivity index (χ3v) is 4.37. The zero-order valence-corrected chi connectivity index (χ0v) is 14.3. The van der Waals surface area contributed by atoms with Gasteiger partial charge in [0, 0.05) is 28.8 Å². The lowest BCUT2D eigenvalue weighted by Gasteiger charge is -2.12. The van der Waals surface area contributed by atoms with Crippen LogP contribution < -0.4 is 16.0 Å². The Kier molecular flexibility index (Phi) is 5.33. The maximum Gasteiger partial charge on any atom is 0.271 e. The van der Waals surface area contributed by atoms with Crippen molar-refractivity contribution in [2.45, 2.75) is 11.4 Å². The Labute approximate surface area is 149 Å². The summed E-state index contributed by atoms with van der Waals surface area (Å²) in [6, 6.07) is 18.9. The molecule has 0 amide bonds. The predicted octanol–water partition coefficient (Wildman–Crippen LogP) is 3.37. The third kappa shape index (κ3) is 3.99. The molecule has 3 aromatic rings. The second-order valence-corrected chi connectivity index (χ2v) is 6.16. The van der Waals surface area contributed by atoms with Gasteiger partial charge in [0.25, 0.3) is 5.56 Å². The molecule has 1 aromatic heterocycles. The lowest BCUT2D eigenvalue weighted by molar-refractivity contribution is 1.11. The van der Waals surface area contributed by atoms with Crippen molar-refractivity contribution in [2.75, 3.05) is 5.32 Å². The van der Waals surface area contributed by atoms with Crippen LogP contribution in [0.25, 0.3) is 0 Å². The smallest absolute Gasteiger partial charge is 0.271 e. The SMILES string of the molecule is N=C(c1ccccc1)c1cc[nH]c(=O)c1NCc1ccc(SN)cc1. The molecule has 0 fully saturated rings. The number of hydrogen-bond acceptors (Lipinski definition) is 5. The monoisotopic (exact) mass is 350 g/mol. The van der Waals surface area contributed by atoms with Gasteiger partial charge in [-0.3, -0.25) is 15.3 Å². The average molecular weight is 350 g/mol. The van der Waals surface area contributed by atoms with Crippen molar-refractivity contribution in [3.63, 3.8) is 0 Å². The first-order chi connectivity index (χ1) is 12.2. The standard InChI is InChI=1S/C19H18N4OS/c20-17(14-4-2-1-3-5-14)16-10-11-22-19(24)18(16)23-12-13-6-8-15(25-21)9-7-13/h1-11,20,23H,12,21H2,(H,22,24). The van der Waals surface area contributed by atoms with Gasteiger partial charge in [-0.15, -0.1) is 0 Å². The largest absolute Gasteiger partial charge is 0.376 e. The summed E-state index contributed by atoms with van der Waals surface area (Å²) in [4.78, 5) is 15.9. The summed E-state index contributed by atoms with van der Waals surface area (Å²) in [5.74, 6) is 0. The summed E-state index contributed by atoms with van der Waals surface area (Å²) >= 11 is 1.19. The Balaban J connectivity index is 1.85. The van der Waals surface area contributed by atoms with Gasteiger partial charge in [-0.1, -0.05) is 42.5 Å². The zero-order chi connectivity index (χ0) is 17.6. The van der Waals surface area contributed by atoms with E-state index in [1.807, 2.05) is 54.6 Å². The molecule has 0 aliphatic rings. The minimum Gasteiger partial charge on any atom is -0.376 e. The highest BCUT2D eigenvalue weighted by Crippen LogP contribution is 2.17. The van der Waals surface area contributed by atoms with E-state index in [-0.39, 0.29) is 5.56 Å². The first-order valence-corrected chi connectivity index (χ1v) is 8.62. The molecule has 1 heterocycles. The fourth-order valence-electron chi connectivity index (χ4n) is 2.50. The van der Waals surface area contributed by atoms with Gasteiger partial charge < -0.3 is 10.3 Å². The maximum atomic E-state index is 12.3. The van der Waals surface area contributed by atoms with Crippen LogP contribution >= 0.6 is 11.9 Å². The number of benzene rings is 2. The molecule has 126 valence electrons. The normalized spacial score (nSPS) is 10.4. The first kappa shape index (κ1) is 17.0. The Morgan fingerprint density at radius 2 is 1.80 bits per heavy atom. The van der Waals surface area contributed by atoms with Crippen LogP contribution in [0.3, 0.4) is 0 Å². The van der Waals surface area contributed by atoms with Crippen molar-refractivity contribution in [1.29, 1.82) is 5.41 Å². The molecule has 0 radical (unpaired) electrons. The average Bonchev–Trinajstić information content (AvgIpc) is 2.67. The topological polar surface area (TPSA) is 94.8 Å². The molecule has 0 saturated carbocycles. The van der Waals surface area contributed by atoms with E-state index in [1.54, 1.807) is 12.3 Å². The van der Waals surface area contributed by atoms with Crippen LogP contribution in [0.15, 0.2) is 76.6 Å². The summed E-state index contributed by atoms with van der Waals surface area (Å²) in [7, 11) is 0. The number of pyridine rings is 1. The molecule has 0 atom stereocenters. The molecular formula is C19H18N4OS. The Hall–Kier alpha value is -2.83. The molecule has 0 aliphatic carbocycles. The number of hydrogen-bond donors (Lipinski definition) is 4. The molecule has 5 nitrogen and oxygen atoms in total. The third-order valence-electron chi connectivity index (χ3n) is 3.82. The van der Waals surface area contributed by atoms with Crippen molar-refractivity contribution < 1.29 is 0 Å². The molecule has 5 N–H and O–H groups in total. The summed E-state index contributed by atoms with van der Waals surface area (Å²) in [6.45, 7) is 0.484. The van der Waals surface area contributed by atoms with Crippen LogP contribution in [0.2, 0.25) is 0 Å². The van der Waals surface area contributed by atoms with Crippen molar-refractivity contribution in [3.8, 4) is 0 Å². The predicted molar refractivity (Wildman–Crippen MR) is 103 cm³/mol. The maximum absolute atomic E-state index is 12.3. The number of rotatable bonds is 6. The van der Waals surface area contributed by atoms with Gasteiger partial charge in [0.05, 0.1) is 5.71 Å². The van der Waals surface area contributed by atoms with Crippen LogP contribution in [0.5, 0.6) is 0 Å². The Morgan fingerprint density at radius 1 is 1.08 bits per heavy atom. The van der Waals surface area contributed by atoms with E-state index < -0.39 is 0 Å². The fourth-order valence-corrected chi connectivity index (χ4v) is 2.79. The molecule has 3 rings (SSSR count). The molecule has 0 unspecified atom stereocenters. The van der Waals surface area contributed by atoms with E-state index in [9.17, 15) is 4.79 Å². The van der Waals surface area contributed by atoms with E-state index in [0.29, 0.717) is 23.5 Å². The first-order valence-electron chi connectivity index (χ1n) is 7.74. The highest BCUT2D eigenvalue weighted by molar-refractivity contribution is 7.97. The van der Waals surface area contributed by atoms with E-state index in [1.165, 1.54) is 11.9 Å².